The van der Waals surface area contributed by atoms with Crippen LogP contribution in [0, 0.1) is 0 Å². The number of H-pyrrole nitrogens is 2. The number of benzene rings is 3. The molecular formula is C26H20N6O2. The molecule has 2 heterocycles. The van der Waals surface area contributed by atoms with Gasteiger partial charge in [-0.25, -0.2) is 10.9 Å². The Hall–Kier alpha value is -4.98. The predicted molar refractivity (Wildman–Crippen MR) is 133 cm³/mol. The third-order valence-electron chi connectivity index (χ3n) is 5.39. The second-order valence-corrected chi connectivity index (χ2v) is 7.55. The zero-order valence-corrected chi connectivity index (χ0v) is 17.9. The van der Waals surface area contributed by atoms with Crippen molar-refractivity contribution < 1.29 is 9.59 Å². The smallest absolute Gasteiger partial charge is 0.271 e. The molecule has 0 atom stereocenters. The van der Waals surface area contributed by atoms with Crippen molar-refractivity contribution in [2.24, 2.45) is 10.2 Å². The van der Waals surface area contributed by atoms with E-state index in [0.717, 1.165) is 32.9 Å². The van der Waals surface area contributed by atoms with E-state index in [1.54, 1.807) is 36.7 Å². The minimum absolute atomic E-state index is 0.375. The summed E-state index contributed by atoms with van der Waals surface area (Å²) in [4.78, 5) is 31.0. The van der Waals surface area contributed by atoms with E-state index in [9.17, 15) is 9.59 Å². The number of hydrogen-bond acceptors (Lipinski definition) is 4. The fourth-order valence-electron chi connectivity index (χ4n) is 3.62. The average molecular weight is 448 g/mol. The number of nitrogens with one attached hydrogen (secondary N) is 4. The summed E-state index contributed by atoms with van der Waals surface area (Å²) in [6.07, 6.45) is 6.83. The van der Waals surface area contributed by atoms with Gasteiger partial charge in [0.25, 0.3) is 11.8 Å². The molecule has 8 heteroatoms. The fourth-order valence-corrected chi connectivity index (χ4v) is 3.62. The van der Waals surface area contributed by atoms with E-state index in [2.05, 4.69) is 31.0 Å². The van der Waals surface area contributed by atoms with E-state index < -0.39 is 0 Å². The highest BCUT2D eigenvalue weighted by Gasteiger charge is 2.08. The summed E-state index contributed by atoms with van der Waals surface area (Å²) < 4.78 is 0. The van der Waals surface area contributed by atoms with Crippen LogP contribution in [0.25, 0.3) is 21.8 Å². The molecule has 2 amide bonds. The van der Waals surface area contributed by atoms with Crippen LogP contribution in [0.1, 0.15) is 31.8 Å². The summed E-state index contributed by atoms with van der Waals surface area (Å²) in [7, 11) is 0. The van der Waals surface area contributed by atoms with Crippen molar-refractivity contribution in [2.75, 3.05) is 0 Å². The summed E-state index contributed by atoms with van der Waals surface area (Å²) in [5.74, 6) is -0.749. The Morgan fingerprint density at radius 2 is 1.03 bits per heavy atom. The van der Waals surface area contributed by atoms with Gasteiger partial charge in [-0.05, 0) is 36.4 Å². The Morgan fingerprint density at radius 3 is 1.47 bits per heavy atom. The zero-order valence-electron chi connectivity index (χ0n) is 17.9. The Balaban J connectivity index is 1.18. The van der Waals surface area contributed by atoms with Crippen LogP contribution in [0.15, 0.2) is 95.4 Å². The molecule has 166 valence electrons. The lowest BCUT2D eigenvalue weighted by molar-refractivity contribution is 0.0943. The average Bonchev–Trinajstić information content (AvgIpc) is 3.48. The summed E-state index contributed by atoms with van der Waals surface area (Å²) in [5, 5.41) is 10.1. The Morgan fingerprint density at radius 1 is 0.618 bits per heavy atom. The topological polar surface area (TPSA) is 114 Å². The van der Waals surface area contributed by atoms with Crippen molar-refractivity contribution in [3.05, 3.63) is 107 Å². The van der Waals surface area contributed by atoms with E-state index in [1.807, 2.05) is 60.9 Å². The standard InChI is InChI=1S/C26H20N6O2/c33-25(31-29-15-19-13-27-23-7-3-1-5-21(19)23)17-9-11-18(12-10-17)26(34)32-30-16-20-14-28-24-8-4-2-6-22(20)24/h1-16,27-28H,(H,31,33)(H,32,34). The second kappa shape index (κ2) is 9.25. The molecule has 3 aromatic carbocycles. The lowest BCUT2D eigenvalue weighted by Crippen LogP contribution is -2.19. The van der Waals surface area contributed by atoms with Crippen molar-refractivity contribution in [1.29, 1.82) is 0 Å². The fraction of sp³-hybridized carbons (Fsp3) is 0. The zero-order chi connectivity index (χ0) is 23.3. The molecule has 0 radical (unpaired) electrons. The molecule has 2 aromatic heterocycles. The number of aromatic nitrogens is 2. The highest BCUT2D eigenvalue weighted by Crippen LogP contribution is 2.16. The number of hydrogen-bond donors (Lipinski definition) is 4. The normalized spacial score (nSPS) is 11.5. The van der Waals surface area contributed by atoms with Gasteiger partial charge < -0.3 is 9.97 Å². The van der Waals surface area contributed by atoms with Crippen LogP contribution in [0.2, 0.25) is 0 Å². The molecule has 0 unspecified atom stereocenters. The largest absolute Gasteiger partial charge is 0.361 e. The Labute approximate surface area is 194 Å². The molecule has 0 saturated heterocycles. The number of rotatable bonds is 6. The molecular weight excluding hydrogens is 428 g/mol. The van der Waals surface area contributed by atoms with Crippen molar-refractivity contribution >= 4 is 46.0 Å². The number of carbonyl (C=O) groups is 2. The monoisotopic (exact) mass is 448 g/mol. The van der Waals surface area contributed by atoms with Gasteiger partial charge in [-0.15, -0.1) is 0 Å². The number of fused-ring (bicyclic) bond motifs is 2. The molecule has 0 fully saturated rings. The van der Waals surface area contributed by atoms with Crippen LogP contribution in [0.5, 0.6) is 0 Å². The van der Waals surface area contributed by atoms with E-state index in [4.69, 9.17) is 0 Å². The first-order valence-corrected chi connectivity index (χ1v) is 10.6. The van der Waals surface area contributed by atoms with Gasteiger partial charge in [0, 0.05) is 56.5 Å². The number of para-hydroxylation sites is 2. The van der Waals surface area contributed by atoms with Gasteiger partial charge in [0.2, 0.25) is 0 Å². The lowest BCUT2D eigenvalue weighted by atomic mass is 10.1. The van der Waals surface area contributed by atoms with Crippen molar-refractivity contribution in [2.45, 2.75) is 0 Å². The summed E-state index contributed by atoms with van der Waals surface area (Å²) in [5.41, 5.74) is 9.51. The molecule has 0 aliphatic heterocycles. The maximum absolute atomic E-state index is 12.4. The molecule has 0 spiro atoms. The predicted octanol–water partition coefficient (Wildman–Crippen LogP) is 4.18. The van der Waals surface area contributed by atoms with Crippen LogP contribution < -0.4 is 10.9 Å². The van der Waals surface area contributed by atoms with Crippen molar-refractivity contribution in [3.8, 4) is 0 Å². The van der Waals surface area contributed by atoms with E-state index in [-0.39, 0.29) is 11.8 Å². The van der Waals surface area contributed by atoms with Crippen molar-refractivity contribution in [1.82, 2.24) is 20.8 Å². The maximum atomic E-state index is 12.4. The van der Waals surface area contributed by atoms with Gasteiger partial charge in [0.15, 0.2) is 0 Å². The SMILES string of the molecule is O=C(NN=Cc1c[nH]c2ccccc12)c1ccc(C(=O)NN=Cc2c[nH]c3ccccc23)cc1. The van der Waals surface area contributed by atoms with Gasteiger partial charge in [0.05, 0.1) is 12.4 Å². The molecule has 4 N–H and O–H groups in total. The second-order valence-electron chi connectivity index (χ2n) is 7.55. The van der Waals surface area contributed by atoms with Crippen LogP contribution in [-0.4, -0.2) is 34.2 Å². The molecule has 34 heavy (non-hydrogen) atoms. The van der Waals surface area contributed by atoms with E-state index in [0.29, 0.717) is 11.1 Å². The summed E-state index contributed by atoms with van der Waals surface area (Å²) in [6, 6.07) is 21.9. The van der Waals surface area contributed by atoms with E-state index >= 15 is 0 Å². The minimum Gasteiger partial charge on any atom is -0.361 e. The molecule has 8 nitrogen and oxygen atoms in total. The molecule has 0 aliphatic rings. The molecule has 5 aromatic rings. The maximum Gasteiger partial charge on any atom is 0.271 e. The number of amides is 2. The van der Waals surface area contributed by atoms with Crippen LogP contribution in [0.3, 0.4) is 0 Å². The van der Waals surface area contributed by atoms with Gasteiger partial charge in [-0.3, -0.25) is 9.59 Å². The van der Waals surface area contributed by atoms with Gasteiger partial charge >= 0.3 is 0 Å². The molecule has 0 bridgehead atoms. The summed E-state index contributed by atoms with van der Waals surface area (Å²) >= 11 is 0. The molecule has 5 rings (SSSR count). The molecule has 0 saturated carbocycles. The first-order valence-electron chi connectivity index (χ1n) is 10.6. The quantitative estimate of drug-likeness (QED) is 0.231. The van der Waals surface area contributed by atoms with Crippen LogP contribution in [0.4, 0.5) is 0 Å². The first-order chi connectivity index (χ1) is 16.7. The van der Waals surface area contributed by atoms with Gasteiger partial charge in [-0.2, -0.15) is 10.2 Å². The highest BCUT2D eigenvalue weighted by molar-refractivity contribution is 6.02. The van der Waals surface area contributed by atoms with Crippen LogP contribution >= 0.6 is 0 Å². The van der Waals surface area contributed by atoms with Crippen LogP contribution in [-0.2, 0) is 0 Å². The van der Waals surface area contributed by atoms with Gasteiger partial charge in [-0.1, -0.05) is 36.4 Å². The van der Waals surface area contributed by atoms with Gasteiger partial charge in [0.1, 0.15) is 0 Å². The highest BCUT2D eigenvalue weighted by atomic mass is 16.2. The van der Waals surface area contributed by atoms with E-state index in [1.165, 1.54) is 0 Å². The number of hydrazone groups is 2. The minimum atomic E-state index is -0.375. The number of aromatic amines is 2. The number of nitrogens with zero attached hydrogens (tertiary/aromatic N) is 2. The lowest BCUT2D eigenvalue weighted by Gasteiger charge is -2.02. The van der Waals surface area contributed by atoms with Crippen molar-refractivity contribution in [3.63, 3.8) is 0 Å². The first kappa shape index (κ1) is 20.9. The molecule has 0 aliphatic carbocycles. The Bertz CT molecular complexity index is 1430. The third kappa shape index (κ3) is 4.33. The third-order valence-corrected chi connectivity index (χ3v) is 5.39. The Kier molecular flexibility index (Phi) is 5.69. The number of carbonyl (C=O) groups excluding carboxylic acids is 2. The summed E-state index contributed by atoms with van der Waals surface area (Å²) in [6.45, 7) is 0.